The Balaban J connectivity index is 1.87. The van der Waals surface area contributed by atoms with E-state index in [9.17, 15) is 0 Å². The summed E-state index contributed by atoms with van der Waals surface area (Å²) in [6.07, 6.45) is 4.63. The van der Waals surface area contributed by atoms with E-state index in [2.05, 4.69) is 70.2 Å². The van der Waals surface area contributed by atoms with E-state index in [1.54, 1.807) is 0 Å². The molecule has 0 bridgehead atoms. The van der Waals surface area contributed by atoms with Crippen LogP contribution in [0.2, 0.25) is 0 Å². The molecule has 1 aliphatic rings. The summed E-state index contributed by atoms with van der Waals surface area (Å²) in [5, 5.41) is 2.36. The van der Waals surface area contributed by atoms with Gasteiger partial charge in [-0.2, -0.15) is 0 Å². The summed E-state index contributed by atoms with van der Waals surface area (Å²) < 4.78 is 0. The van der Waals surface area contributed by atoms with E-state index in [0.29, 0.717) is 11.8 Å². The molecule has 2 heterocycles. The molecule has 5 rings (SSSR count). The number of para-hydroxylation sites is 2. The van der Waals surface area contributed by atoms with Crippen molar-refractivity contribution >= 4 is 45.3 Å². The number of aromatic amines is 4. The van der Waals surface area contributed by atoms with E-state index in [4.69, 9.17) is 0 Å². The van der Waals surface area contributed by atoms with E-state index in [1.807, 2.05) is 12.1 Å². The van der Waals surface area contributed by atoms with Gasteiger partial charge in [-0.25, -0.2) is 0 Å². The highest BCUT2D eigenvalue weighted by atomic mass is 14.8. The molecule has 2 aromatic heterocycles. The van der Waals surface area contributed by atoms with E-state index >= 15 is 0 Å². The molecular weight excluding hydrogens is 296 g/mol. The molecule has 0 amide bonds. The Morgan fingerprint density at radius 1 is 0.583 bits per heavy atom. The first-order valence-electron chi connectivity index (χ1n) is 8.46. The third kappa shape index (κ3) is 1.99. The molecule has 4 aromatic rings. The summed E-state index contributed by atoms with van der Waals surface area (Å²) in [5.74, 6) is 1.09. The summed E-state index contributed by atoms with van der Waals surface area (Å²) in [4.78, 5) is 14.2. The third-order valence-corrected chi connectivity index (χ3v) is 5.14. The van der Waals surface area contributed by atoms with E-state index < -0.39 is 0 Å². The lowest BCUT2D eigenvalue weighted by molar-refractivity contribution is 0.604. The van der Waals surface area contributed by atoms with Crippen LogP contribution in [-0.4, -0.2) is 19.9 Å². The lowest BCUT2D eigenvalue weighted by atomic mass is 9.92. The minimum Gasteiger partial charge on any atom is -0.352 e. The highest BCUT2D eigenvalue weighted by Gasteiger charge is 2.11. The van der Waals surface area contributed by atoms with E-state index in [-0.39, 0.29) is 0 Å². The summed E-state index contributed by atoms with van der Waals surface area (Å²) >= 11 is 0. The van der Waals surface area contributed by atoms with E-state index in [0.717, 1.165) is 33.1 Å². The fourth-order valence-corrected chi connectivity index (χ4v) is 3.52. The minimum atomic E-state index is 0.545. The number of nitrogens with one attached hydrogen (secondary N) is 4. The lowest BCUT2D eigenvalue weighted by Crippen LogP contribution is -2.36. The van der Waals surface area contributed by atoms with Gasteiger partial charge in [0.05, 0.1) is 43.8 Å². The smallest absolute Gasteiger partial charge is 0.0646 e. The summed E-state index contributed by atoms with van der Waals surface area (Å²) in [7, 11) is 0. The average molecular weight is 316 g/mol. The monoisotopic (exact) mass is 316 g/mol. The molecule has 0 saturated carbocycles. The normalized spacial score (nSPS) is 19.9. The zero-order valence-electron chi connectivity index (χ0n) is 13.8. The highest BCUT2D eigenvalue weighted by Crippen LogP contribution is 2.20. The largest absolute Gasteiger partial charge is 0.352 e. The van der Waals surface area contributed by atoms with Crippen molar-refractivity contribution in [2.45, 2.75) is 13.8 Å². The number of aromatic nitrogens is 4. The van der Waals surface area contributed by atoms with Gasteiger partial charge in [-0.1, -0.05) is 38.1 Å². The Kier molecular flexibility index (Phi) is 2.71. The zero-order valence-corrected chi connectivity index (χ0v) is 13.8. The van der Waals surface area contributed by atoms with Gasteiger partial charge in [0.25, 0.3) is 0 Å². The first-order valence-corrected chi connectivity index (χ1v) is 8.46. The van der Waals surface area contributed by atoms with Gasteiger partial charge in [-0.15, -0.1) is 0 Å². The van der Waals surface area contributed by atoms with Crippen molar-refractivity contribution in [3.63, 3.8) is 0 Å². The summed E-state index contributed by atoms with van der Waals surface area (Å²) in [6.45, 7) is 4.52. The number of H-pyrrole nitrogens is 4. The van der Waals surface area contributed by atoms with Crippen molar-refractivity contribution in [2.75, 3.05) is 0 Å². The van der Waals surface area contributed by atoms with Gasteiger partial charge in [0.2, 0.25) is 0 Å². The Morgan fingerprint density at radius 3 is 1.46 bits per heavy atom. The number of benzene rings is 2. The molecule has 0 saturated heterocycles. The lowest BCUT2D eigenvalue weighted by Gasteiger charge is -2.16. The Labute approximate surface area is 138 Å². The van der Waals surface area contributed by atoms with Crippen LogP contribution in [-0.2, 0) is 0 Å². The molecule has 4 N–H and O–H groups in total. The highest BCUT2D eigenvalue weighted by molar-refractivity contribution is 5.94. The van der Waals surface area contributed by atoms with Gasteiger partial charge in [0, 0.05) is 0 Å². The Hall–Kier alpha value is -2.88. The zero-order chi connectivity index (χ0) is 16.3. The van der Waals surface area contributed by atoms with Crippen LogP contribution in [0.5, 0.6) is 0 Å². The second kappa shape index (κ2) is 4.81. The van der Waals surface area contributed by atoms with Gasteiger partial charge in [-0.3, -0.25) is 0 Å². The molecule has 4 nitrogen and oxygen atoms in total. The van der Waals surface area contributed by atoms with Gasteiger partial charge < -0.3 is 19.9 Å². The predicted octanol–water partition coefficient (Wildman–Crippen LogP) is 3.43. The van der Waals surface area contributed by atoms with Crippen molar-refractivity contribution in [1.29, 1.82) is 0 Å². The van der Waals surface area contributed by atoms with Gasteiger partial charge in [-0.05, 0) is 36.1 Å². The fourth-order valence-electron chi connectivity index (χ4n) is 3.52. The van der Waals surface area contributed by atoms with Gasteiger partial charge in [0.15, 0.2) is 0 Å². The molecule has 0 radical (unpaired) electrons. The van der Waals surface area contributed by atoms with Crippen molar-refractivity contribution in [3.8, 4) is 0 Å². The molecule has 24 heavy (non-hydrogen) atoms. The number of hydrogen-bond acceptors (Lipinski definition) is 0. The van der Waals surface area contributed by atoms with Crippen molar-refractivity contribution in [1.82, 2.24) is 19.9 Å². The molecule has 4 heteroatoms. The molecule has 0 spiro atoms. The van der Waals surface area contributed by atoms with Crippen LogP contribution in [0.4, 0.5) is 0 Å². The second-order valence-corrected chi connectivity index (χ2v) is 6.87. The molecule has 2 atom stereocenters. The standard InChI is InChI=1S/C20H20N4/c1-11-7-15-16(8-12(11)2)24-20-10-18-17(9-19(20)23-15)21-13-5-3-4-6-14(13)22-18/h3-12,21-24H,1-2H3. The maximum atomic E-state index is 3.59. The molecule has 2 aromatic carbocycles. The topological polar surface area (TPSA) is 63.2 Å². The van der Waals surface area contributed by atoms with Gasteiger partial charge in [0.1, 0.15) is 0 Å². The molecule has 120 valence electrons. The van der Waals surface area contributed by atoms with Crippen LogP contribution in [0.1, 0.15) is 13.8 Å². The third-order valence-electron chi connectivity index (χ3n) is 5.14. The summed E-state index contributed by atoms with van der Waals surface area (Å²) in [5.41, 5.74) is 6.60. The van der Waals surface area contributed by atoms with Crippen LogP contribution in [0.25, 0.3) is 45.3 Å². The first kappa shape index (κ1) is 13.5. The maximum absolute atomic E-state index is 3.59. The number of rotatable bonds is 0. The van der Waals surface area contributed by atoms with Gasteiger partial charge >= 0.3 is 0 Å². The van der Waals surface area contributed by atoms with Crippen LogP contribution in [0.15, 0.2) is 36.4 Å². The average Bonchev–Trinajstić information content (AvgIpc) is 2.58. The van der Waals surface area contributed by atoms with Crippen LogP contribution in [0.3, 0.4) is 0 Å². The first-order chi connectivity index (χ1) is 11.7. The maximum Gasteiger partial charge on any atom is 0.0646 e. The molecule has 1 aliphatic carbocycles. The Morgan fingerprint density at radius 2 is 1.00 bits per heavy atom. The Bertz CT molecular complexity index is 1150. The summed E-state index contributed by atoms with van der Waals surface area (Å²) in [6, 6.07) is 12.6. The van der Waals surface area contributed by atoms with Crippen LogP contribution in [0, 0.1) is 11.8 Å². The molecule has 0 fully saturated rings. The second-order valence-electron chi connectivity index (χ2n) is 6.87. The van der Waals surface area contributed by atoms with Crippen molar-refractivity contribution in [3.05, 3.63) is 47.1 Å². The van der Waals surface area contributed by atoms with Crippen LogP contribution < -0.4 is 10.7 Å². The fraction of sp³-hybridized carbons (Fsp3) is 0.200. The van der Waals surface area contributed by atoms with Crippen molar-refractivity contribution in [2.24, 2.45) is 11.8 Å². The molecular formula is C20H20N4. The molecule has 0 aliphatic heterocycles. The SMILES string of the molecule is CC1C=c2[nH]c3cc4[nH]c5ccccc5[nH]c4cc3[nH]c2=CC1C. The molecule has 2 unspecified atom stereocenters. The quantitative estimate of drug-likeness (QED) is 0.359. The minimum absolute atomic E-state index is 0.545. The van der Waals surface area contributed by atoms with Crippen molar-refractivity contribution < 1.29 is 0 Å². The predicted molar refractivity (Wildman–Crippen MR) is 100 cm³/mol. The number of hydrogen-bond donors (Lipinski definition) is 4. The van der Waals surface area contributed by atoms with Crippen LogP contribution >= 0.6 is 0 Å². The van der Waals surface area contributed by atoms with E-state index in [1.165, 1.54) is 10.7 Å². The number of fused-ring (bicyclic) bond motifs is 4.